The molecule has 1 heterocycles. The van der Waals surface area contributed by atoms with E-state index < -0.39 is 0 Å². The molecule has 2 amide bonds. The molecule has 0 spiro atoms. The van der Waals surface area contributed by atoms with Crippen LogP contribution in [-0.4, -0.2) is 22.8 Å². The number of carbonyl (C=O) groups excluding carboxylic acids is 2. The SMILES string of the molecule is CC(C)(C)C(=O)NC1CCC(CC(=O)Nc2cc(-c3ccccc3)c(-c3ccc(C4(N)CC4)cc3)cn2)CC1. The molecule has 5 rings (SSSR count). The minimum atomic E-state index is -0.384. The number of aromatic nitrogens is 1. The van der Waals surface area contributed by atoms with E-state index >= 15 is 0 Å². The summed E-state index contributed by atoms with van der Waals surface area (Å²) < 4.78 is 0. The molecular formula is C33H40N4O2. The molecule has 0 unspecified atom stereocenters. The standard InChI is InChI=1S/C33H40N4O2/c1-32(2,3)31(39)36-26-15-9-22(10-16-26)19-30(38)37-29-20-27(23-7-5-4-6-8-23)28(21-35-29)24-11-13-25(14-12-24)33(34)17-18-33/h4-8,11-14,20-22,26H,9-10,15-19,34H2,1-3H3,(H,36,39)(H,35,37,38). The largest absolute Gasteiger partial charge is 0.353 e. The van der Waals surface area contributed by atoms with Crippen LogP contribution in [0, 0.1) is 11.3 Å². The van der Waals surface area contributed by atoms with E-state index in [2.05, 4.69) is 52.0 Å². The molecule has 2 aliphatic rings. The van der Waals surface area contributed by atoms with E-state index in [1.165, 1.54) is 5.56 Å². The number of anilines is 1. The first-order valence-corrected chi connectivity index (χ1v) is 14.2. The molecular weight excluding hydrogens is 484 g/mol. The number of carbonyl (C=O) groups is 2. The molecule has 1 aromatic heterocycles. The fourth-order valence-electron chi connectivity index (χ4n) is 5.38. The fourth-order valence-corrected chi connectivity index (χ4v) is 5.38. The second kappa shape index (κ2) is 10.9. The predicted octanol–water partition coefficient (Wildman–Crippen LogP) is 6.41. The molecule has 3 aromatic rings. The Bertz CT molecular complexity index is 1320. The van der Waals surface area contributed by atoms with Crippen LogP contribution < -0.4 is 16.4 Å². The van der Waals surface area contributed by atoms with Gasteiger partial charge in [0, 0.05) is 35.2 Å². The summed E-state index contributed by atoms with van der Waals surface area (Å²) in [5.41, 5.74) is 11.2. The minimum absolute atomic E-state index is 0.0153. The molecule has 39 heavy (non-hydrogen) atoms. The quantitative estimate of drug-likeness (QED) is 0.333. The lowest BCUT2D eigenvalue weighted by atomic mass is 9.83. The Labute approximate surface area is 231 Å². The number of benzene rings is 2. The third-order valence-electron chi connectivity index (χ3n) is 8.15. The Balaban J connectivity index is 1.25. The van der Waals surface area contributed by atoms with Crippen molar-refractivity contribution in [3.05, 3.63) is 72.4 Å². The number of nitrogens with two attached hydrogens (primary N) is 1. The van der Waals surface area contributed by atoms with Crippen molar-refractivity contribution >= 4 is 17.6 Å². The first-order chi connectivity index (χ1) is 18.6. The van der Waals surface area contributed by atoms with Gasteiger partial charge in [0.1, 0.15) is 5.82 Å². The van der Waals surface area contributed by atoms with Gasteiger partial charge in [-0.15, -0.1) is 0 Å². The van der Waals surface area contributed by atoms with Crippen molar-refractivity contribution in [3.63, 3.8) is 0 Å². The normalized spacial score (nSPS) is 20.2. The van der Waals surface area contributed by atoms with Gasteiger partial charge < -0.3 is 16.4 Å². The summed E-state index contributed by atoms with van der Waals surface area (Å²) in [5, 5.41) is 6.21. The molecule has 6 nitrogen and oxygen atoms in total. The maximum Gasteiger partial charge on any atom is 0.225 e. The lowest BCUT2D eigenvalue weighted by Gasteiger charge is -2.31. The Morgan fingerprint density at radius 1 is 0.923 bits per heavy atom. The van der Waals surface area contributed by atoms with Crippen molar-refractivity contribution in [2.45, 2.75) is 77.3 Å². The average molecular weight is 525 g/mol. The van der Waals surface area contributed by atoms with Crippen LogP contribution in [0.4, 0.5) is 5.82 Å². The van der Waals surface area contributed by atoms with Crippen LogP contribution >= 0.6 is 0 Å². The molecule has 0 bridgehead atoms. The molecule has 6 heteroatoms. The highest BCUT2D eigenvalue weighted by molar-refractivity contribution is 5.92. The summed E-state index contributed by atoms with van der Waals surface area (Å²) in [4.78, 5) is 29.9. The van der Waals surface area contributed by atoms with E-state index in [1.54, 1.807) is 0 Å². The zero-order chi connectivity index (χ0) is 27.6. The van der Waals surface area contributed by atoms with E-state index in [-0.39, 0.29) is 28.8 Å². The summed E-state index contributed by atoms with van der Waals surface area (Å²) >= 11 is 0. The van der Waals surface area contributed by atoms with Crippen LogP contribution in [0.15, 0.2) is 66.9 Å². The van der Waals surface area contributed by atoms with Crippen LogP contribution in [0.5, 0.6) is 0 Å². The van der Waals surface area contributed by atoms with Crippen LogP contribution in [0.3, 0.4) is 0 Å². The van der Waals surface area contributed by atoms with E-state index in [9.17, 15) is 9.59 Å². The van der Waals surface area contributed by atoms with Crippen LogP contribution in [0.1, 0.15) is 71.3 Å². The van der Waals surface area contributed by atoms with Gasteiger partial charge in [-0.05, 0) is 72.8 Å². The maximum absolute atomic E-state index is 13.0. The van der Waals surface area contributed by atoms with Gasteiger partial charge in [-0.2, -0.15) is 0 Å². The number of hydrogen-bond donors (Lipinski definition) is 3. The number of nitrogens with zero attached hydrogens (tertiary/aromatic N) is 1. The predicted molar refractivity (Wildman–Crippen MR) is 157 cm³/mol. The number of rotatable bonds is 7. The molecule has 0 saturated heterocycles. The van der Waals surface area contributed by atoms with Crippen LogP contribution in [-0.2, 0) is 15.1 Å². The van der Waals surface area contributed by atoms with E-state index in [1.807, 2.05) is 51.2 Å². The highest BCUT2D eigenvalue weighted by Gasteiger charge is 2.39. The van der Waals surface area contributed by atoms with E-state index in [0.717, 1.165) is 60.8 Å². The fraction of sp³-hybridized carbons (Fsp3) is 0.424. The monoisotopic (exact) mass is 524 g/mol. The zero-order valence-electron chi connectivity index (χ0n) is 23.3. The molecule has 4 N–H and O–H groups in total. The Morgan fingerprint density at radius 2 is 1.56 bits per heavy atom. The molecule has 2 fully saturated rings. The van der Waals surface area contributed by atoms with Crippen molar-refractivity contribution in [2.24, 2.45) is 17.1 Å². The Morgan fingerprint density at radius 3 is 2.18 bits per heavy atom. The minimum Gasteiger partial charge on any atom is -0.353 e. The molecule has 0 radical (unpaired) electrons. The Hall–Kier alpha value is -3.51. The molecule has 2 aliphatic carbocycles. The van der Waals surface area contributed by atoms with Gasteiger partial charge in [0.15, 0.2) is 0 Å². The average Bonchev–Trinajstić information content (AvgIpc) is 3.68. The summed E-state index contributed by atoms with van der Waals surface area (Å²) in [5.74, 6) is 0.953. The van der Waals surface area contributed by atoms with Gasteiger partial charge in [0.2, 0.25) is 11.8 Å². The smallest absolute Gasteiger partial charge is 0.225 e. The lowest BCUT2D eigenvalue weighted by Crippen LogP contribution is -2.43. The van der Waals surface area contributed by atoms with Crippen molar-refractivity contribution in [1.29, 1.82) is 0 Å². The third kappa shape index (κ3) is 6.56. The van der Waals surface area contributed by atoms with Crippen molar-refractivity contribution < 1.29 is 9.59 Å². The van der Waals surface area contributed by atoms with Gasteiger partial charge >= 0.3 is 0 Å². The van der Waals surface area contributed by atoms with Gasteiger partial charge in [-0.25, -0.2) is 4.98 Å². The van der Waals surface area contributed by atoms with Crippen molar-refractivity contribution in [1.82, 2.24) is 10.3 Å². The van der Waals surface area contributed by atoms with E-state index in [4.69, 9.17) is 5.73 Å². The highest BCUT2D eigenvalue weighted by Crippen LogP contribution is 2.43. The summed E-state index contributed by atoms with van der Waals surface area (Å²) in [6.45, 7) is 5.80. The number of hydrogen-bond acceptors (Lipinski definition) is 4. The summed E-state index contributed by atoms with van der Waals surface area (Å²) in [7, 11) is 0. The van der Waals surface area contributed by atoms with Gasteiger partial charge in [-0.1, -0.05) is 75.4 Å². The number of pyridine rings is 1. The van der Waals surface area contributed by atoms with E-state index in [0.29, 0.717) is 18.2 Å². The summed E-state index contributed by atoms with van der Waals surface area (Å²) in [6.07, 6.45) is 8.08. The molecule has 0 atom stereocenters. The first-order valence-electron chi connectivity index (χ1n) is 14.2. The third-order valence-corrected chi connectivity index (χ3v) is 8.15. The van der Waals surface area contributed by atoms with Crippen molar-refractivity contribution in [2.75, 3.05) is 5.32 Å². The lowest BCUT2D eigenvalue weighted by molar-refractivity contribution is -0.129. The molecule has 0 aliphatic heterocycles. The molecule has 2 aromatic carbocycles. The maximum atomic E-state index is 13.0. The topological polar surface area (TPSA) is 97.1 Å². The zero-order valence-corrected chi connectivity index (χ0v) is 23.3. The first kappa shape index (κ1) is 27.1. The molecule has 204 valence electrons. The number of nitrogens with one attached hydrogen (secondary N) is 2. The van der Waals surface area contributed by atoms with Gasteiger partial charge in [-0.3, -0.25) is 9.59 Å². The Kier molecular flexibility index (Phi) is 7.59. The summed E-state index contributed by atoms with van der Waals surface area (Å²) in [6, 6.07) is 20.8. The van der Waals surface area contributed by atoms with Gasteiger partial charge in [0.25, 0.3) is 0 Å². The van der Waals surface area contributed by atoms with Crippen molar-refractivity contribution in [3.8, 4) is 22.3 Å². The second-order valence-electron chi connectivity index (χ2n) is 12.4. The highest BCUT2D eigenvalue weighted by atomic mass is 16.2. The number of amides is 2. The van der Waals surface area contributed by atoms with Crippen LogP contribution in [0.25, 0.3) is 22.3 Å². The van der Waals surface area contributed by atoms with Crippen LogP contribution in [0.2, 0.25) is 0 Å². The second-order valence-corrected chi connectivity index (χ2v) is 12.4. The molecule has 2 saturated carbocycles. The van der Waals surface area contributed by atoms with Gasteiger partial charge in [0.05, 0.1) is 0 Å².